The maximum absolute atomic E-state index is 11.9. The third-order valence-electron chi connectivity index (χ3n) is 3.47. The first kappa shape index (κ1) is 16.2. The van der Waals surface area contributed by atoms with Gasteiger partial charge in [0.1, 0.15) is 6.04 Å². The number of amides is 3. The quantitative estimate of drug-likeness (QED) is 0.503. The number of hydrogen-bond acceptors (Lipinski definition) is 4. The van der Waals surface area contributed by atoms with Crippen LogP contribution in [0.25, 0.3) is 0 Å². The zero-order chi connectivity index (χ0) is 15.3. The molecule has 3 atom stereocenters. The Balaban J connectivity index is 2.50. The number of hydrogen-bond donors (Lipinski definition) is 4. The van der Waals surface area contributed by atoms with Gasteiger partial charge in [-0.05, 0) is 19.8 Å². The fourth-order valence-electron chi connectivity index (χ4n) is 2.15. The van der Waals surface area contributed by atoms with Crippen molar-refractivity contribution in [1.29, 1.82) is 0 Å². The molecule has 0 radical (unpaired) electrons. The predicted octanol–water partition coefficient (Wildman–Crippen LogP) is -0.883. The Hall–Kier alpha value is -1.83. The Bertz CT molecular complexity index is 385. The number of rotatable bonds is 6. The van der Waals surface area contributed by atoms with Crippen LogP contribution in [0.3, 0.4) is 0 Å². The average molecular weight is 287 g/mol. The van der Waals surface area contributed by atoms with E-state index in [0.29, 0.717) is 19.5 Å². The number of nitrogens with two attached hydrogens (primary N) is 1. The molecule has 1 fully saturated rings. The number of aliphatic hydroxyl groups is 1. The molecule has 1 heterocycles. The van der Waals surface area contributed by atoms with E-state index >= 15 is 0 Å². The fraction of sp³-hybridized carbons (Fsp3) is 0.750. The molecule has 0 aromatic carbocycles. The molecule has 0 bridgehead atoms. The van der Waals surface area contributed by atoms with E-state index < -0.39 is 30.1 Å². The van der Waals surface area contributed by atoms with Crippen LogP contribution in [0.15, 0.2) is 0 Å². The van der Waals surface area contributed by atoms with E-state index in [1.807, 2.05) is 0 Å². The number of carbonyl (C=O) groups excluding carboxylic acids is 2. The van der Waals surface area contributed by atoms with E-state index in [1.165, 1.54) is 4.90 Å². The van der Waals surface area contributed by atoms with Crippen LogP contribution in [0.1, 0.15) is 26.2 Å². The van der Waals surface area contributed by atoms with E-state index in [9.17, 15) is 19.5 Å². The van der Waals surface area contributed by atoms with Crippen LogP contribution in [0.5, 0.6) is 0 Å². The molecule has 8 heteroatoms. The van der Waals surface area contributed by atoms with Crippen LogP contribution in [-0.4, -0.2) is 58.3 Å². The molecule has 1 saturated heterocycles. The second kappa shape index (κ2) is 7.09. The summed E-state index contributed by atoms with van der Waals surface area (Å²) in [5.41, 5.74) is 4.96. The molecule has 1 aliphatic heterocycles. The third-order valence-corrected chi connectivity index (χ3v) is 3.47. The largest absolute Gasteiger partial charge is 0.480 e. The van der Waals surface area contributed by atoms with E-state index in [0.717, 1.165) is 0 Å². The summed E-state index contributed by atoms with van der Waals surface area (Å²) in [5, 5.41) is 20.8. The lowest BCUT2D eigenvalue weighted by Crippen LogP contribution is -2.47. The Morgan fingerprint density at radius 1 is 1.45 bits per heavy atom. The van der Waals surface area contributed by atoms with Gasteiger partial charge < -0.3 is 26.2 Å². The van der Waals surface area contributed by atoms with Crippen molar-refractivity contribution < 1.29 is 24.6 Å². The number of primary amides is 1. The molecule has 1 aliphatic rings. The average Bonchev–Trinajstić information content (AvgIpc) is 2.83. The summed E-state index contributed by atoms with van der Waals surface area (Å²) in [7, 11) is 0. The zero-order valence-electron chi connectivity index (χ0n) is 11.4. The maximum Gasteiger partial charge on any atom is 0.326 e. The lowest BCUT2D eigenvalue weighted by molar-refractivity contribution is -0.139. The normalized spacial score (nSPS) is 21.3. The molecular formula is C12H21N3O5. The molecule has 3 amide bonds. The van der Waals surface area contributed by atoms with Crippen molar-refractivity contribution in [2.24, 2.45) is 11.7 Å². The number of carboxylic acid groups (broad SMARTS) is 1. The molecule has 1 rings (SSSR count). The molecule has 0 aromatic heterocycles. The Morgan fingerprint density at radius 2 is 2.10 bits per heavy atom. The number of urea groups is 1. The van der Waals surface area contributed by atoms with Crippen LogP contribution < -0.4 is 11.1 Å². The van der Waals surface area contributed by atoms with Gasteiger partial charge in [0.2, 0.25) is 5.91 Å². The summed E-state index contributed by atoms with van der Waals surface area (Å²) in [4.78, 5) is 35.1. The number of aliphatic carboxylic acids is 1. The highest BCUT2D eigenvalue weighted by atomic mass is 16.4. The van der Waals surface area contributed by atoms with Gasteiger partial charge in [0, 0.05) is 25.4 Å². The van der Waals surface area contributed by atoms with Gasteiger partial charge >= 0.3 is 12.0 Å². The monoisotopic (exact) mass is 287 g/mol. The van der Waals surface area contributed by atoms with Crippen molar-refractivity contribution in [3.63, 3.8) is 0 Å². The lowest BCUT2D eigenvalue weighted by atomic mass is 10.0. The molecule has 0 aromatic rings. The second-order valence-corrected chi connectivity index (χ2v) is 5.08. The van der Waals surface area contributed by atoms with Gasteiger partial charge in [-0.2, -0.15) is 0 Å². The van der Waals surface area contributed by atoms with Crippen molar-refractivity contribution in [2.45, 2.75) is 38.3 Å². The molecule has 0 saturated carbocycles. The molecule has 20 heavy (non-hydrogen) atoms. The highest BCUT2D eigenvalue weighted by molar-refractivity contribution is 5.83. The minimum absolute atomic E-state index is 0.00893. The maximum atomic E-state index is 11.9. The van der Waals surface area contributed by atoms with Crippen molar-refractivity contribution in [2.75, 3.05) is 13.1 Å². The number of carboxylic acids is 1. The molecule has 3 unspecified atom stereocenters. The lowest BCUT2D eigenvalue weighted by Gasteiger charge is -2.21. The Labute approximate surface area is 116 Å². The number of carbonyl (C=O) groups is 3. The summed E-state index contributed by atoms with van der Waals surface area (Å²) in [6.45, 7) is 2.54. The van der Waals surface area contributed by atoms with Crippen molar-refractivity contribution in [3.05, 3.63) is 0 Å². The molecular weight excluding hydrogens is 266 g/mol. The number of likely N-dealkylation sites (tertiary alicyclic amines) is 1. The van der Waals surface area contributed by atoms with Gasteiger partial charge in [-0.3, -0.25) is 4.79 Å². The van der Waals surface area contributed by atoms with Crippen molar-refractivity contribution in [1.82, 2.24) is 10.2 Å². The van der Waals surface area contributed by atoms with E-state index in [2.05, 4.69) is 5.32 Å². The standard InChI is InChI=1S/C12H21N3O5/c1-7(16)8-4-5-15(6-8)12(20)14-9(11(18)19)2-3-10(13)17/h7-9,16H,2-6H2,1H3,(H2,13,17)(H,14,20)(H,18,19). The summed E-state index contributed by atoms with van der Waals surface area (Å²) < 4.78 is 0. The van der Waals surface area contributed by atoms with E-state index in [4.69, 9.17) is 10.8 Å². The Morgan fingerprint density at radius 3 is 2.55 bits per heavy atom. The predicted molar refractivity (Wildman–Crippen MR) is 69.7 cm³/mol. The molecule has 0 aliphatic carbocycles. The molecule has 114 valence electrons. The van der Waals surface area contributed by atoms with Crippen molar-refractivity contribution in [3.8, 4) is 0 Å². The molecule has 5 N–H and O–H groups in total. The minimum Gasteiger partial charge on any atom is -0.480 e. The van der Waals surface area contributed by atoms with Crippen LogP contribution in [0, 0.1) is 5.92 Å². The Kier molecular flexibility index (Phi) is 5.75. The molecule has 8 nitrogen and oxygen atoms in total. The number of nitrogens with one attached hydrogen (secondary N) is 1. The van der Waals surface area contributed by atoms with Gasteiger partial charge in [0.25, 0.3) is 0 Å². The first-order valence-electron chi connectivity index (χ1n) is 6.56. The topological polar surface area (TPSA) is 133 Å². The smallest absolute Gasteiger partial charge is 0.326 e. The SMILES string of the molecule is CC(O)C1CCN(C(=O)NC(CCC(N)=O)C(=O)O)C1. The first-order chi connectivity index (χ1) is 9.31. The summed E-state index contributed by atoms with van der Waals surface area (Å²) in [5.74, 6) is -1.80. The first-order valence-corrected chi connectivity index (χ1v) is 6.56. The fourth-order valence-corrected chi connectivity index (χ4v) is 2.15. The molecule has 0 spiro atoms. The summed E-state index contributed by atoms with van der Waals surface area (Å²) >= 11 is 0. The zero-order valence-corrected chi connectivity index (χ0v) is 11.4. The van der Waals surface area contributed by atoms with Crippen LogP contribution in [0.4, 0.5) is 4.79 Å². The van der Waals surface area contributed by atoms with Gasteiger partial charge in [0.05, 0.1) is 6.10 Å². The number of nitrogens with zero attached hydrogens (tertiary/aromatic N) is 1. The van der Waals surface area contributed by atoms with Gasteiger partial charge in [-0.1, -0.05) is 0 Å². The number of aliphatic hydroxyl groups excluding tert-OH is 1. The summed E-state index contributed by atoms with van der Waals surface area (Å²) in [6.07, 6.45) is 0.0415. The van der Waals surface area contributed by atoms with Crippen LogP contribution in [-0.2, 0) is 9.59 Å². The second-order valence-electron chi connectivity index (χ2n) is 5.08. The van der Waals surface area contributed by atoms with Crippen molar-refractivity contribution >= 4 is 17.9 Å². The van der Waals surface area contributed by atoms with E-state index in [-0.39, 0.29) is 18.8 Å². The van der Waals surface area contributed by atoms with Crippen LogP contribution in [0.2, 0.25) is 0 Å². The highest BCUT2D eigenvalue weighted by Crippen LogP contribution is 2.19. The van der Waals surface area contributed by atoms with E-state index in [1.54, 1.807) is 6.92 Å². The highest BCUT2D eigenvalue weighted by Gasteiger charge is 2.31. The van der Waals surface area contributed by atoms with Gasteiger partial charge in [-0.25, -0.2) is 9.59 Å². The minimum atomic E-state index is -1.20. The van der Waals surface area contributed by atoms with Crippen LogP contribution >= 0.6 is 0 Å². The third kappa shape index (κ3) is 4.69. The van der Waals surface area contributed by atoms with Gasteiger partial charge in [0.15, 0.2) is 0 Å². The van der Waals surface area contributed by atoms with Gasteiger partial charge in [-0.15, -0.1) is 0 Å². The summed E-state index contributed by atoms with van der Waals surface area (Å²) in [6, 6.07) is -1.63.